The fraction of sp³-hybridized carbons (Fsp3) is 0.310. The standard InChI is InChI=1S/C29H33N7O3/c1-35(2)16-14-25(37)36-17-13-23-24(18-36)39-28-26(23)27(31-19-32-28)30-15-12-20-8-10-22(11-9-20)34-29(38)33-21-6-4-3-5-7-21/h3-11,19H,12-18H2,1-2H3,(H,30,31,32)(H2,33,34,38). The molecule has 39 heavy (non-hydrogen) atoms. The maximum absolute atomic E-state index is 12.6. The Morgan fingerprint density at radius 2 is 1.74 bits per heavy atom. The molecule has 0 radical (unpaired) electrons. The summed E-state index contributed by atoms with van der Waals surface area (Å²) in [6.45, 7) is 2.51. The average molecular weight is 528 g/mol. The van der Waals surface area contributed by atoms with E-state index in [1.165, 1.54) is 6.33 Å². The van der Waals surface area contributed by atoms with Crippen molar-refractivity contribution in [3.63, 3.8) is 0 Å². The van der Waals surface area contributed by atoms with Crippen molar-refractivity contribution in [1.82, 2.24) is 19.8 Å². The van der Waals surface area contributed by atoms with E-state index in [-0.39, 0.29) is 11.9 Å². The molecule has 0 aliphatic carbocycles. The molecular weight excluding hydrogens is 494 g/mol. The Morgan fingerprint density at radius 3 is 2.49 bits per heavy atom. The van der Waals surface area contributed by atoms with E-state index in [0.29, 0.717) is 38.2 Å². The number of hydrogen-bond acceptors (Lipinski definition) is 7. The Hall–Kier alpha value is -4.44. The lowest BCUT2D eigenvalue weighted by atomic mass is 10.0. The van der Waals surface area contributed by atoms with Gasteiger partial charge in [0, 0.05) is 43.0 Å². The van der Waals surface area contributed by atoms with Gasteiger partial charge in [-0.2, -0.15) is 0 Å². The van der Waals surface area contributed by atoms with Crippen LogP contribution >= 0.6 is 0 Å². The number of carbonyl (C=O) groups excluding carboxylic acids is 2. The van der Waals surface area contributed by atoms with Gasteiger partial charge in [0.25, 0.3) is 0 Å². The van der Waals surface area contributed by atoms with Gasteiger partial charge in [0.15, 0.2) is 0 Å². The summed E-state index contributed by atoms with van der Waals surface area (Å²) in [5, 5.41) is 9.99. The van der Waals surface area contributed by atoms with E-state index in [4.69, 9.17) is 4.42 Å². The number of aromatic nitrogens is 2. The van der Waals surface area contributed by atoms with Crippen LogP contribution in [-0.4, -0.2) is 65.4 Å². The number of nitrogens with one attached hydrogen (secondary N) is 3. The minimum Gasteiger partial charge on any atom is -0.440 e. The van der Waals surface area contributed by atoms with E-state index in [2.05, 4.69) is 25.9 Å². The van der Waals surface area contributed by atoms with Gasteiger partial charge in [0.2, 0.25) is 11.6 Å². The fourth-order valence-corrected chi connectivity index (χ4v) is 4.65. The molecular formula is C29H33N7O3. The zero-order valence-corrected chi connectivity index (χ0v) is 22.2. The lowest BCUT2D eigenvalue weighted by molar-refractivity contribution is -0.132. The van der Waals surface area contributed by atoms with Gasteiger partial charge >= 0.3 is 6.03 Å². The number of nitrogens with zero attached hydrogens (tertiary/aromatic N) is 4. The molecule has 1 aliphatic rings. The topological polar surface area (TPSA) is 116 Å². The lowest BCUT2D eigenvalue weighted by Gasteiger charge is -2.26. The summed E-state index contributed by atoms with van der Waals surface area (Å²) in [4.78, 5) is 37.5. The van der Waals surface area contributed by atoms with Crippen molar-refractivity contribution in [3.8, 4) is 0 Å². The number of amides is 3. The minimum atomic E-state index is -0.284. The van der Waals surface area contributed by atoms with E-state index in [1.807, 2.05) is 78.5 Å². The first kappa shape index (κ1) is 26.2. The molecule has 10 heteroatoms. The van der Waals surface area contributed by atoms with Gasteiger partial charge in [-0.15, -0.1) is 0 Å². The van der Waals surface area contributed by atoms with E-state index >= 15 is 0 Å². The molecule has 2 aromatic carbocycles. The molecule has 0 saturated heterocycles. The summed E-state index contributed by atoms with van der Waals surface area (Å²) in [6, 6.07) is 16.8. The Morgan fingerprint density at radius 1 is 1.00 bits per heavy atom. The van der Waals surface area contributed by atoms with Crippen LogP contribution in [0.4, 0.5) is 22.0 Å². The number of rotatable bonds is 9. The molecule has 202 valence electrons. The molecule has 10 nitrogen and oxygen atoms in total. The van der Waals surface area contributed by atoms with Gasteiger partial charge in [-0.25, -0.2) is 14.8 Å². The summed E-state index contributed by atoms with van der Waals surface area (Å²) < 4.78 is 6.05. The molecule has 0 spiro atoms. The van der Waals surface area contributed by atoms with Crippen LogP contribution in [-0.2, 0) is 24.2 Å². The maximum Gasteiger partial charge on any atom is 0.323 e. The zero-order chi connectivity index (χ0) is 27.2. The predicted molar refractivity (Wildman–Crippen MR) is 152 cm³/mol. The van der Waals surface area contributed by atoms with E-state index in [9.17, 15) is 9.59 Å². The molecule has 0 atom stereocenters. The molecule has 0 saturated carbocycles. The lowest BCUT2D eigenvalue weighted by Crippen LogP contribution is -2.36. The van der Waals surface area contributed by atoms with Gasteiger partial charge in [0.05, 0.1) is 11.9 Å². The molecule has 0 bridgehead atoms. The number of benzene rings is 2. The van der Waals surface area contributed by atoms with Gasteiger partial charge in [-0.1, -0.05) is 30.3 Å². The first-order valence-corrected chi connectivity index (χ1v) is 13.1. The molecule has 1 aliphatic heterocycles. The quantitative estimate of drug-likeness (QED) is 0.296. The highest BCUT2D eigenvalue weighted by atomic mass is 16.3. The highest BCUT2D eigenvalue weighted by molar-refractivity contribution is 5.99. The van der Waals surface area contributed by atoms with Crippen LogP contribution in [0.1, 0.15) is 23.3 Å². The second-order valence-corrected chi connectivity index (χ2v) is 9.84. The fourth-order valence-electron chi connectivity index (χ4n) is 4.65. The second kappa shape index (κ2) is 12.0. The average Bonchev–Trinajstić information content (AvgIpc) is 3.32. The van der Waals surface area contributed by atoms with Crippen molar-refractivity contribution in [1.29, 1.82) is 0 Å². The first-order valence-electron chi connectivity index (χ1n) is 13.1. The Balaban J connectivity index is 1.16. The summed E-state index contributed by atoms with van der Waals surface area (Å²) in [6.07, 6.45) is 3.48. The molecule has 3 amide bonds. The SMILES string of the molecule is CN(C)CCC(=O)N1CCc2c(oc3ncnc(NCCc4ccc(NC(=O)Nc5ccccc5)cc4)c23)C1. The summed E-state index contributed by atoms with van der Waals surface area (Å²) in [7, 11) is 3.93. The summed E-state index contributed by atoms with van der Waals surface area (Å²) >= 11 is 0. The third kappa shape index (κ3) is 6.53. The number of fused-ring (bicyclic) bond motifs is 3. The van der Waals surface area contributed by atoms with Crippen LogP contribution in [0.2, 0.25) is 0 Å². The highest BCUT2D eigenvalue weighted by Gasteiger charge is 2.27. The Bertz CT molecular complexity index is 1430. The van der Waals surface area contributed by atoms with E-state index < -0.39 is 0 Å². The highest BCUT2D eigenvalue weighted by Crippen LogP contribution is 2.33. The van der Waals surface area contributed by atoms with Crippen molar-refractivity contribution in [2.24, 2.45) is 0 Å². The van der Waals surface area contributed by atoms with Gasteiger partial charge in [0.1, 0.15) is 17.9 Å². The molecule has 0 fully saturated rings. The van der Waals surface area contributed by atoms with Gasteiger partial charge in [-0.05, 0) is 56.8 Å². The van der Waals surface area contributed by atoms with E-state index in [0.717, 1.165) is 52.4 Å². The van der Waals surface area contributed by atoms with Crippen molar-refractivity contribution >= 4 is 40.2 Å². The number of furan rings is 1. The first-order chi connectivity index (χ1) is 19.0. The molecule has 3 N–H and O–H groups in total. The Labute approximate surface area is 227 Å². The van der Waals surface area contributed by atoms with E-state index in [1.54, 1.807) is 0 Å². The molecule has 4 aromatic rings. The van der Waals surface area contributed by atoms with Crippen molar-refractivity contribution in [2.45, 2.75) is 25.8 Å². The van der Waals surface area contributed by atoms with Crippen LogP contribution in [0, 0.1) is 0 Å². The predicted octanol–water partition coefficient (Wildman–Crippen LogP) is 4.36. The number of carbonyl (C=O) groups is 2. The van der Waals surface area contributed by atoms with Gasteiger partial charge < -0.3 is 30.2 Å². The van der Waals surface area contributed by atoms with Crippen LogP contribution in [0.15, 0.2) is 65.3 Å². The van der Waals surface area contributed by atoms with Crippen LogP contribution in [0.3, 0.4) is 0 Å². The van der Waals surface area contributed by atoms with Crippen LogP contribution in [0.25, 0.3) is 11.1 Å². The van der Waals surface area contributed by atoms with Crippen LogP contribution in [0.5, 0.6) is 0 Å². The molecule has 5 rings (SSSR count). The Kier molecular flexibility index (Phi) is 8.02. The molecule has 3 heterocycles. The third-order valence-corrected chi connectivity index (χ3v) is 6.71. The van der Waals surface area contributed by atoms with Crippen molar-refractivity contribution in [3.05, 3.63) is 77.8 Å². The van der Waals surface area contributed by atoms with Gasteiger partial charge in [-0.3, -0.25) is 4.79 Å². The minimum absolute atomic E-state index is 0.136. The largest absolute Gasteiger partial charge is 0.440 e. The third-order valence-electron chi connectivity index (χ3n) is 6.71. The van der Waals surface area contributed by atoms with Crippen molar-refractivity contribution in [2.75, 3.05) is 49.7 Å². The molecule has 2 aromatic heterocycles. The second-order valence-electron chi connectivity index (χ2n) is 9.84. The normalized spacial score (nSPS) is 12.8. The number of para-hydroxylation sites is 1. The maximum atomic E-state index is 12.6. The van der Waals surface area contributed by atoms with Crippen molar-refractivity contribution < 1.29 is 14.0 Å². The number of hydrogen-bond donors (Lipinski definition) is 3. The monoisotopic (exact) mass is 527 g/mol. The summed E-state index contributed by atoms with van der Waals surface area (Å²) in [5.74, 6) is 1.67. The number of urea groups is 1. The zero-order valence-electron chi connectivity index (χ0n) is 22.2. The number of anilines is 3. The molecule has 0 unspecified atom stereocenters. The summed E-state index contributed by atoms with van der Waals surface area (Å²) in [5.41, 5.74) is 4.21. The van der Waals surface area contributed by atoms with Crippen LogP contribution < -0.4 is 16.0 Å². The smallest absolute Gasteiger partial charge is 0.323 e.